The van der Waals surface area contributed by atoms with E-state index in [4.69, 9.17) is 5.11 Å². The molecule has 1 heterocycles. The fourth-order valence-corrected chi connectivity index (χ4v) is 1.72. The number of hydrogen-bond donors (Lipinski definition) is 2. The van der Waals surface area contributed by atoms with E-state index in [1.165, 1.54) is 6.92 Å². The van der Waals surface area contributed by atoms with Crippen LogP contribution in [0.15, 0.2) is 0 Å². The Labute approximate surface area is 93.6 Å². The van der Waals surface area contributed by atoms with Crippen LogP contribution >= 0.6 is 0 Å². The zero-order valence-corrected chi connectivity index (χ0v) is 9.23. The molecular formula is C10H16N2O4. The van der Waals surface area contributed by atoms with Crippen LogP contribution in [0.1, 0.15) is 26.2 Å². The van der Waals surface area contributed by atoms with Gasteiger partial charge >= 0.3 is 5.97 Å². The first kappa shape index (κ1) is 12.5. The van der Waals surface area contributed by atoms with Crippen molar-refractivity contribution < 1.29 is 19.5 Å². The maximum Gasteiger partial charge on any atom is 0.326 e. The number of likely N-dealkylation sites (tertiary alicyclic amines) is 1. The molecule has 0 spiro atoms. The van der Waals surface area contributed by atoms with Crippen LogP contribution in [0.2, 0.25) is 0 Å². The summed E-state index contributed by atoms with van der Waals surface area (Å²) in [5.41, 5.74) is 0. The number of aliphatic carboxylic acids is 1. The first-order chi connectivity index (χ1) is 7.50. The van der Waals surface area contributed by atoms with E-state index in [1.807, 2.05) is 0 Å². The van der Waals surface area contributed by atoms with E-state index in [1.54, 1.807) is 4.90 Å². The van der Waals surface area contributed by atoms with E-state index in [9.17, 15) is 14.4 Å². The lowest BCUT2D eigenvalue weighted by Crippen LogP contribution is -2.43. The van der Waals surface area contributed by atoms with Gasteiger partial charge in [-0.05, 0) is 12.8 Å². The molecule has 0 aromatic heterocycles. The van der Waals surface area contributed by atoms with Crippen LogP contribution in [0.25, 0.3) is 0 Å². The van der Waals surface area contributed by atoms with Crippen molar-refractivity contribution in [3.05, 3.63) is 0 Å². The highest BCUT2D eigenvalue weighted by Gasteiger charge is 2.26. The van der Waals surface area contributed by atoms with E-state index in [0.717, 1.165) is 12.8 Å². The van der Waals surface area contributed by atoms with Gasteiger partial charge in [0.15, 0.2) is 0 Å². The Kier molecular flexibility index (Phi) is 4.28. The molecule has 0 radical (unpaired) electrons. The van der Waals surface area contributed by atoms with Gasteiger partial charge in [0.05, 0.1) is 6.42 Å². The zero-order chi connectivity index (χ0) is 12.1. The van der Waals surface area contributed by atoms with Gasteiger partial charge in [-0.1, -0.05) is 0 Å². The summed E-state index contributed by atoms with van der Waals surface area (Å²) in [7, 11) is 0. The van der Waals surface area contributed by atoms with Crippen molar-refractivity contribution in [2.24, 2.45) is 0 Å². The molecule has 0 aromatic rings. The van der Waals surface area contributed by atoms with Crippen LogP contribution in [0.3, 0.4) is 0 Å². The highest BCUT2D eigenvalue weighted by molar-refractivity contribution is 5.88. The normalized spacial score (nSPS) is 16.9. The number of amides is 2. The summed E-state index contributed by atoms with van der Waals surface area (Å²) in [5, 5.41) is 11.1. The molecule has 1 rings (SSSR count). The molecule has 2 N–H and O–H groups in total. The number of carboxylic acid groups (broad SMARTS) is 1. The van der Waals surface area contributed by atoms with Gasteiger partial charge in [0.1, 0.15) is 6.04 Å². The van der Waals surface area contributed by atoms with Crippen LogP contribution in [0.5, 0.6) is 0 Å². The fraction of sp³-hybridized carbons (Fsp3) is 0.700. The summed E-state index contributed by atoms with van der Waals surface area (Å²) < 4.78 is 0. The molecule has 0 saturated carbocycles. The van der Waals surface area contributed by atoms with Gasteiger partial charge in [0.25, 0.3) is 0 Å². The Morgan fingerprint density at radius 3 is 2.31 bits per heavy atom. The maximum absolute atomic E-state index is 11.7. The quantitative estimate of drug-likeness (QED) is 0.684. The van der Waals surface area contributed by atoms with E-state index in [-0.39, 0.29) is 12.3 Å². The third kappa shape index (κ3) is 3.52. The van der Waals surface area contributed by atoms with Crippen molar-refractivity contribution >= 4 is 17.8 Å². The van der Waals surface area contributed by atoms with Gasteiger partial charge in [-0.2, -0.15) is 0 Å². The number of hydrogen-bond acceptors (Lipinski definition) is 3. The minimum Gasteiger partial charge on any atom is -0.480 e. The zero-order valence-electron chi connectivity index (χ0n) is 9.23. The van der Waals surface area contributed by atoms with Gasteiger partial charge in [-0.15, -0.1) is 0 Å². The molecule has 0 aromatic carbocycles. The van der Waals surface area contributed by atoms with Crippen LogP contribution in [-0.4, -0.2) is 46.9 Å². The lowest BCUT2D eigenvalue weighted by molar-refractivity contribution is -0.144. The largest absolute Gasteiger partial charge is 0.480 e. The number of nitrogens with zero attached hydrogens (tertiary/aromatic N) is 1. The van der Waals surface area contributed by atoms with Gasteiger partial charge in [0.2, 0.25) is 11.8 Å². The Morgan fingerprint density at radius 1 is 1.31 bits per heavy atom. The minimum atomic E-state index is -1.18. The average molecular weight is 228 g/mol. The van der Waals surface area contributed by atoms with Crippen LogP contribution < -0.4 is 5.32 Å². The summed E-state index contributed by atoms with van der Waals surface area (Å²) >= 11 is 0. The molecule has 0 bridgehead atoms. The van der Waals surface area contributed by atoms with E-state index >= 15 is 0 Å². The molecule has 1 fully saturated rings. The highest BCUT2D eigenvalue weighted by atomic mass is 16.4. The lowest BCUT2D eigenvalue weighted by Gasteiger charge is -2.18. The van der Waals surface area contributed by atoms with Gasteiger partial charge in [0, 0.05) is 20.0 Å². The topological polar surface area (TPSA) is 86.7 Å². The molecule has 1 aliphatic heterocycles. The Morgan fingerprint density at radius 2 is 1.88 bits per heavy atom. The van der Waals surface area contributed by atoms with Crippen LogP contribution in [0, 0.1) is 0 Å². The number of carbonyl (C=O) groups excluding carboxylic acids is 2. The third-order valence-corrected chi connectivity index (χ3v) is 2.51. The van der Waals surface area contributed by atoms with E-state index < -0.39 is 17.9 Å². The molecule has 0 unspecified atom stereocenters. The molecule has 2 amide bonds. The van der Waals surface area contributed by atoms with E-state index in [2.05, 4.69) is 5.32 Å². The standard InChI is InChI=1S/C10H16N2O4/c1-7(13)11-8(10(15)16)6-9(14)12-4-2-3-5-12/h8H,2-6H2,1H3,(H,11,13)(H,15,16)/t8-/m1/s1. The predicted octanol–water partition coefficient (Wildman–Crippen LogP) is -0.412. The first-order valence-electron chi connectivity index (χ1n) is 5.28. The summed E-state index contributed by atoms with van der Waals surface area (Å²) in [5.74, 6) is -1.83. The summed E-state index contributed by atoms with van der Waals surface area (Å²) in [6, 6.07) is -1.12. The second-order valence-electron chi connectivity index (χ2n) is 3.88. The van der Waals surface area contributed by atoms with Gasteiger partial charge in [-0.25, -0.2) is 4.79 Å². The summed E-state index contributed by atoms with van der Waals surface area (Å²) in [6.45, 7) is 2.60. The molecular weight excluding hydrogens is 212 g/mol. The molecule has 0 aliphatic carbocycles. The Balaban J connectivity index is 2.50. The number of nitrogens with one attached hydrogen (secondary N) is 1. The van der Waals surface area contributed by atoms with Crippen molar-refractivity contribution in [1.29, 1.82) is 0 Å². The van der Waals surface area contributed by atoms with Crippen LogP contribution in [-0.2, 0) is 14.4 Å². The highest BCUT2D eigenvalue weighted by Crippen LogP contribution is 2.10. The van der Waals surface area contributed by atoms with Gasteiger partial charge in [-0.3, -0.25) is 9.59 Å². The number of carbonyl (C=O) groups is 3. The van der Waals surface area contributed by atoms with E-state index in [0.29, 0.717) is 13.1 Å². The number of carboxylic acids is 1. The molecule has 6 nitrogen and oxygen atoms in total. The monoisotopic (exact) mass is 228 g/mol. The minimum absolute atomic E-state index is 0.172. The molecule has 1 atom stereocenters. The number of rotatable bonds is 4. The second kappa shape index (κ2) is 5.48. The molecule has 90 valence electrons. The van der Waals surface area contributed by atoms with Crippen molar-refractivity contribution in [3.8, 4) is 0 Å². The third-order valence-electron chi connectivity index (χ3n) is 2.51. The Bertz CT molecular complexity index is 297. The molecule has 1 saturated heterocycles. The smallest absolute Gasteiger partial charge is 0.326 e. The van der Waals surface area contributed by atoms with Crippen molar-refractivity contribution in [2.75, 3.05) is 13.1 Å². The maximum atomic E-state index is 11.7. The Hall–Kier alpha value is -1.59. The predicted molar refractivity (Wildman–Crippen MR) is 55.7 cm³/mol. The molecule has 6 heteroatoms. The fourth-order valence-electron chi connectivity index (χ4n) is 1.72. The van der Waals surface area contributed by atoms with Crippen molar-refractivity contribution in [1.82, 2.24) is 10.2 Å². The second-order valence-corrected chi connectivity index (χ2v) is 3.88. The molecule has 16 heavy (non-hydrogen) atoms. The van der Waals surface area contributed by atoms with Gasteiger partial charge < -0.3 is 15.3 Å². The van der Waals surface area contributed by atoms with Crippen molar-refractivity contribution in [3.63, 3.8) is 0 Å². The summed E-state index contributed by atoms with van der Waals surface area (Å²) in [4.78, 5) is 34.9. The lowest BCUT2D eigenvalue weighted by atomic mass is 10.2. The SMILES string of the molecule is CC(=O)N[C@H](CC(=O)N1CCCC1)C(=O)O. The van der Waals surface area contributed by atoms with Crippen LogP contribution in [0.4, 0.5) is 0 Å². The van der Waals surface area contributed by atoms with Crippen molar-refractivity contribution in [2.45, 2.75) is 32.2 Å². The molecule has 1 aliphatic rings. The average Bonchev–Trinajstić information content (AvgIpc) is 2.68. The first-order valence-corrected chi connectivity index (χ1v) is 5.28. The summed E-state index contributed by atoms with van der Waals surface area (Å²) in [6.07, 6.45) is 1.75.